The molecule has 0 aromatic heterocycles. The van der Waals surface area contributed by atoms with Gasteiger partial charge in [-0.1, -0.05) is 27.2 Å². The predicted octanol–water partition coefficient (Wildman–Crippen LogP) is 1.57. The summed E-state index contributed by atoms with van der Waals surface area (Å²) in [5.41, 5.74) is 0. The molecule has 0 saturated carbocycles. The number of hydrogen-bond acceptors (Lipinski definition) is 1. The van der Waals surface area contributed by atoms with Crippen LogP contribution in [0.5, 0.6) is 0 Å². The van der Waals surface area contributed by atoms with Crippen LogP contribution in [0.15, 0.2) is 0 Å². The lowest BCUT2D eigenvalue weighted by Crippen LogP contribution is -2.06. The minimum atomic E-state index is -0.130. The zero-order valence-electron chi connectivity index (χ0n) is 6.81. The second-order valence-corrected chi connectivity index (χ2v) is 4.40. The first-order valence-corrected chi connectivity index (χ1v) is 5.46. The Balaban J connectivity index is 2.88. The van der Waals surface area contributed by atoms with Crippen LogP contribution < -0.4 is 0 Å². The molecule has 0 aliphatic carbocycles. The molecule has 0 saturated heterocycles. The molecule has 56 valence electrons. The number of hydrogen-bond donors (Lipinski definition) is 0. The van der Waals surface area contributed by atoms with Gasteiger partial charge in [-0.2, -0.15) is 0 Å². The highest BCUT2D eigenvalue weighted by molar-refractivity contribution is 6.26. The van der Waals surface area contributed by atoms with Crippen LogP contribution in [0, 0.1) is 5.92 Å². The van der Waals surface area contributed by atoms with Crippen molar-refractivity contribution in [1.29, 1.82) is 0 Å². The maximum Gasteiger partial charge on any atom is 0.161 e. The molecule has 0 aliphatic rings. The lowest BCUT2D eigenvalue weighted by Gasteiger charge is -2.07. The van der Waals surface area contributed by atoms with Crippen LogP contribution in [0.25, 0.3) is 0 Å². The molecule has 0 spiro atoms. The molecule has 1 nitrogen and oxygen atoms in total. The standard InChI is InChI=1S/C7H18OSi/c1-4-7(3)6-8-9-5-2/h7H,4-6,9H2,1-3H3. The molecule has 0 aromatic carbocycles. The maximum absolute atomic E-state index is 5.47. The molecule has 0 rings (SSSR count). The molecule has 0 aliphatic heterocycles. The zero-order valence-corrected chi connectivity index (χ0v) is 8.23. The Morgan fingerprint density at radius 2 is 2.11 bits per heavy atom. The van der Waals surface area contributed by atoms with Crippen molar-refractivity contribution >= 4 is 9.76 Å². The quantitative estimate of drug-likeness (QED) is 0.422. The molecule has 0 heterocycles. The summed E-state index contributed by atoms with van der Waals surface area (Å²) < 4.78 is 5.47. The second kappa shape index (κ2) is 6.30. The summed E-state index contributed by atoms with van der Waals surface area (Å²) in [5.74, 6) is 0.768. The normalized spacial score (nSPS) is 15.0. The van der Waals surface area contributed by atoms with Gasteiger partial charge in [0.1, 0.15) is 0 Å². The Morgan fingerprint density at radius 3 is 2.56 bits per heavy atom. The van der Waals surface area contributed by atoms with E-state index in [2.05, 4.69) is 20.8 Å². The molecule has 2 heteroatoms. The third-order valence-electron chi connectivity index (χ3n) is 1.45. The van der Waals surface area contributed by atoms with Gasteiger partial charge in [-0.25, -0.2) is 0 Å². The fraction of sp³-hybridized carbons (Fsp3) is 1.00. The Labute approximate surface area is 60.7 Å². The van der Waals surface area contributed by atoms with Crippen molar-refractivity contribution in [1.82, 2.24) is 0 Å². The van der Waals surface area contributed by atoms with E-state index in [0.717, 1.165) is 12.5 Å². The van der Waals surface area contributed by atoms with E-state index in [0.29, 0.717) is 0 Å². The predicted molar refractivity (Wildman–Crippen MR) is 44.4 cm³/mol. The van der Waals surface area contributed by atoms with Gasteiger partial charge in [-0.05, 0) is 12.0 Å². The van der Waals surface area contributed by atoms with E-state index in [1.54, 1.807) is 0 Å². The van der Waals surface area contributed by atoms with Gasteiger partial charge in [-0.3, -0.25) is 0 Å². The molecule has 1 unspecified atom stereocenters. The first-order valence-electron chi connectivity index (χ1n) is 3.89. The van der Waals surface area contributed by atoms with E-state index in [9.17, 15) is 0 Å². The second-order valence-electron chi connectivity index (χ2n) is 2.59. The van der Waals surface area contributed by atoms with E-state index in [-0.39, 0.29) is 9.76 Å². The van der Waals surface area contributed by atoms with E-state index in [4.69, 9.17) is 4.43 Å². The molecule has 0 fully saturated rings. The van der Waals surface area contributed by atoms with Gasteiger partial charge >= 0.3 is 0 Å². The minimum absolute atomic E-state index is 0.130. The van der Waals surface area contributed by atoms with E-state index < -0.39 is 0 Å². The van der Waals surface area contributed by atoms with Gasteiger partial charge in [0, 0.05) is 6.61 Å². The van der Waals surface area contributed by atoms with Crippen molar-refractivity contribution in [2.24, 2.45) is 5.92 Å². The topological polar surface area (TPSA) is 9.23 Å². The highest BCUT2D eigenvalue weighted by Gasteiger charge is 1.95. The van der Waals surface area contributed by atoms with Crippen LogP contribution in [0.3, 0.4) is 0 Å². The van der Waals surface area contributed by atoms with Crippen LogP contribution in [0.4, 0.5) is 0 Å². The SMILES string of the molecule is CC[SiH2]OCC(C)CC. The van der Waals surface area contributed by atoms with E-state index in [1.807, 2.05) is 0 Å². The molecule has 0 radical (unpaired) electrons. The fourth-order valence-electron chi connectivity index (χ4n) is 0.547. The summed E-state index contributed by atoms with van der Waals surface area (Å²) in [4.78, 5) is 0. The van der Waals surface area contributed by atoms with Gasteiger partial charge in [0.15, 0.2) is 9.76 Å². The van der Waals surface area contributed by atoms with Crippen LogP contribution in [-0.2, 0) is 4.43 Å². The molecule has 0 aromatic rings. The summed E-state index contributed by atoms with van der Waals surface area (Å²) >= 11 is 0. The minimum Gasteiger partial charge on any atom is -0.424 e. The van der Waals surface area contributed by atoms with Crippen LogP contribution >= 0.6 is 0 Å². The summed E-state index contributed by atoms with van der Waals surface area (Å²) in [6, 6.07) is 1.27. The van der Waals surface area contributed by atoms with E-state index in [1.165, 1.54) is 12.5 Å². The molecule has 0 bridgehead atoms. The Kier molecular flexibility index (Phi) is 6.42. The van der Waals surface area contributed by atoms with Gasteiger partial charge in [-0.15, -0.1) is 0 Å². The van der Waals surface area contributed by atoms with Crippen molar-refractivity contribution in [3.8, 4) is 0 Å². The molecule has 9 heavy (non-hydrogen) atoms. The maximum atomic E-state index is 5.47. The average molecular weight is 146 g/mol. The van der Waals surface area contributed by atoms with Crippen LogP contribution in [-0.4, -0.2) is 16.4 Å². The van der Waals surface area contributed by atoms with Crippen LogP contribution in [0.1, 0.15) is 27.2 Å². The number of rotatable bonds is 5. The smallest absolute Gasteiger partial charge is 0.161 e. The Hall–Kier alpha value is 0.177. The molecule has 1 atom stereocenters. The van der Waals surface area contributed by atoms with Crippen molar-refractivity contribution in [2.75, 3.05) is 6.61 Å². The van der Waals surface area contributed by atoms with E-state index >= 15 is 0 Å². The lowest BCUT2D eigenvalue weighted by atomic mass is 10.1. The summed E-state index contributed by atoms with van der Waals surface area (Å²) in [7, 11) is -0.130. The average Bonchev–Trinajstić information content (AvgIpc) is 1.89. The molecular weight excluding hydrogens is 128 g/mol. The lowest BCUT2D eigenvalue weighted by molar-refractivity contribution is 0.268. The molecule has 0 N–H and O–H groups in total. The Bertz CT molecular complexity index is 56.9. The highest BCUT2D eigenvalue weighted by Crippen LogP contribution is 1.99. The summed E-state index contributed by atoms with van der Waals surface area (Å²) in [6.45, 7) is 7.64. The first-order chi connectivity index (χ1) is 4.31. The first kappa shape index (κ1) is 9.18. The van der Waals surface area contributed by atoms with Crippen molar-refractivity contribution in [3.63, 3.8) is 0 Å². The van der Waals surface area contributed by atoms with Crippen LogP contribution in [0.2, 0.25) is 6.04 Å². The largest absolute Gasteiger partial charge is 0.424 e. The summed E-state index contributed by atoms with van der Waals surface area (Å²) in [6.07, 6.45) is 1.25. The molecule has 0 amide bonds. The molecular formula is C7H18OSi. The zero-order chi connectivity index (χ0) is 7.11. The van der Waals surface area contributed by atoms with Gasteiger partial charge in [0.2, 0.25) is 0 Å². The highest BCUT2D eigenvalue weighted by atomic mass is 28.2. The van der Waals surface area contributed by atoms with Gasteiger partial charge < -0.3 is 4.43 Å². The third kappa shape index (κ3) is 6.06. The fourth-order valence-corrected chi connectivity index (χ4v) is 1.40. The van der Waals surface area contributed by atoms with Crippen molar-refractivity contribution < 1.29 is 4.43 Å². The van der Waals surface area contributed by atoms with Crippen molar-refractivity contribution in [3.05, 3.63) is 0 Å². The summed E-state index contributed by atoms with van der Waals surface area (Å²) in [5, 5.41) is 0. The van der Waals surface area contributed by atoms with Gasteiger partial charge in [0.05, 0.1) is 0 Å². The van der Waals surface area contributed by atoms with Crippen molar-refractivity contribution in [2.45, 2.75) is 33.2 Å². The Morgan fingerprint density at radius 1 is 1.44 bits per heavy atom. The third-order valence-corrected chi connectivity index (χ3v) is 2.38. The monoisotopic (exact) mass is 146 g/mol. The van der Waals surface area contributed by atoms with Gasteiger partial charge in [0.25, 0.3) is 0 Å².